The highest BCUT2D eigenvalue weighted by atomic mass is 16.5. The molecule has 2 rings (SSSR count). The Morgan fingerprint density at radius 3 is 2.83 bits per heavy atom. The normalized spacial score (nSPS) is 33.6. The predicted molar refractivity (Wildman–Crippen MR) is 82.5 cm³/mol. The Balaban J connectivity index is 1.99. The molecule has 2 aliphatic rings. The Bertz CT molecular complexity index is 409. The lowest BCUT2D eigenvalue weighted by molar-refractivity contribution is -0.144. The van der Waals surface area contributed by atoms with Gasteiger partial charge in [0, 0.05) is 25.6 Å². The second kappa shape index (κ2) is 7.89. The Morgan fingerprint density at radius 2 is 2.26 bits per heavy atom. The second-order valence-corrected chi connectivity index (χ2v) is 6.43. The third-order valence-corrected chi connectivity index (χ3v) is 4.75. The van der Waals surface area contributed by atoms with E-state index in [1.807, 2.05) is 0 Å². The molecule has 7 N–H and O–H groups in total. The van der Waals surface area contributed by atoms with Crippen LogP contribution in [0.2, 0.25) is 6.32 Å². The zero-order valence-corrected chi connectivity index (χ0v) is 13.1. The molecule has 0 aromatic heterocycles. The minimum absolute atomic E-state index is 0.0496. The van der Waals surface area contributed by atoms with Crippen LogP contribution in [0.5, 0.6) is 0 Å². The van der Waals surface area contributed by atoms with Crippen LogP contribution in [-0.4, -0.2) is 88.9 Å². The first kappa shape index (κ1) is 18.6. The topological polar surface area (TPSA) is 149 Å². The number of nitrogens with two attached hydrogens (primary N) is 1. The monoisotopic (exact) mass is 331 g/mol. The number of carboxylic acids is 1. The summed E-state index contributed by atoms with van der Waals surface area (Å²) in [5.74, 6) is -1.47. The van der Waals surface area contributed by atoms with Gasteiger partial charge in [0.05, 0.1) is 19.3 Å². The number of hydrogen-bond acceptors (Lipinski definition) is 8. The standard InChI is InChI=1S/C13H26BN3O6/c15-13(12(19)20)8-17(6-9(13)2-1-3-14(21)22)11(18)10-7-23-5-4-16-10/h9-11,16,18,21-22H,1-8,15H2,(H,19,20)/t9?,10-,11?,13-/m0/s1. The van der Waals surface area contributed by atoms with E-state index in [1.54, 1.807) is 4.90 Å². The van der Waals surface area contributed by atoms with Crippen molar-refractivity contribution in [2.45, 2.75) is 37.0 Å². The molecule has 0 spiro atoms. The first-order valence-corrected chi connectivity index (χ1v) is 7.96. The minimum atomic E-state index is -1.45. The number of nitrogens with one attached hydrogen (secondary N) is 1. The van der Waals surface area contributed by atoms with Gasteiger partial charge in [-0.3, -0.25) is 9.69 Å². The number of carboxylic acid groups (broad SMARTS) is 1. The molecule has 0 aromatic rings. The zero-order chi connectivity index (χ0) is 17.0. The summed E-state index contributed by atoms with van der Waals surface area (Å²) in [5.41, 5.74) is 4.64. The fraction of sp³-hybridized carbons (Fsp3) is 0.923. The van der Waals surface area contributed by atoms with Gasteiger partial charge in [-0.25, -0.2) is 0 Å². The van der Waals surface area contributed by atoms with Crippen molar-refractivity contribution in [3.63, 3.8) is 0 Å². The van der Waals surface area contributed by atoms with Gasteiger partial charge < -0.3 is 36.0 Å². The summed E-state index contributed by atoms with van der Waals surface area (Å²) in [6.07, 6.45) is 0.222. The SMILES string of the molecule is N[C@@]1(C(=O)O)CN(C(O)[C@@H]2COCCN2)CC1CCCB(O)O. The molecule has 0 bridgehead atoms. The molecule has 23 heavy (non-hydrogen) atoms. The summed E-state index contributed by atoms with van der Waals surface area (Å²) >= 11 is 0. The molecular formula is C13H26BN3O6. The molecule has 0 amide bonds. The van der Waals surface area contributed by atoms with Crippen molar-refractivity contribution in [2.75, 3.05) is 32.8 Å². The van der Waals surface area contributed by atoms with Crippen LogP contribution in [0, 0.1) is 5.92 Å². The summed E-state index contributed by atoms with van der Waals surface area (Å²) in [4.78, 5) is 13.3. The molecule has 2 aliphatic heterocycles. The fourth-order valence-corrected chi connectivity index (χ4v) is 3.35. The molecule has 9 nitrogen and oxygen atoms in total. The van der Waals surface area contributed by atoms with E-state index in [-0.39, 0.29) is 24.8 Å². The largest absolute Gasteiger partial charge is 0.480 e. The van der Waals surface area contributed by atoms with E-state index in [0.717, 1.165) is 0 Å². The smallest absolute Gasteiger partial charge is 0.451 e. The summed E-state index contributed by atoms with van der Waals surface area (Å²) in [7, 11) is -1.40. The molecule has 0 aliphatic carbocycles. The van der Waals surface area contributed by atoms with Gasteiger partial charge in [-0.05, 0) is 12.7 Å². The molecule has 2 fully saturated rings. The van der Waals surface area contributed by atoms with Crippen molar-refractivity contribution < 1.29 is 29.8 Å². The lowest BCUT2D eigenvalue weighted by atomic mass is 9.78. The maximum absolute atomic E-state index is 11.6. The number of likely N-dealkylation sites (tertiary alicyclic amines) is 1. The fourth-order valence-electron chi connectivity index (χ4n) is 3.35. The number of hydrogen-bond donors (Lipinski definition) is 6. The molecule has 4 atom stereocenters. The Kier molecular flexibility index (Phi) is 6.37. The van der Waals surface area contributed by atoms with E-state index in [9.17, 15) is 15.0 Å². The second-order valence-electron chi connectivity index (χ2n) is 6.43. The lowest BCUT2D eigenvalue weighted by Gasteiger charge is -2.33. The zero-order valence-electron chi connectivity index (χ0n) is 13.1. The minimum Gasteiger partial charge on any atom is -0.480 e. The molecule has 132 valence electrons. The average molecular weight is 331 g/mol. The molecule has 2 saturated heterocycles. The maximum Gasteiger partial charge on any atom is 0.451 e. The Hall–Kier alpha value is -0.745. The summed E-state index contributed by atoms with van der Waals surface area (Å²) < 4.78 is 5.33. The van der Waals surface area contributed by atoms with Gasteiger partial charge in [-0.2, -0.15) is 0 Å². The van der Waals surface area contributed by atoms with Crippen LogP contribution >= 0.6 is 0 Å². The average Bonchev–Trinajstić information content (AvgIpc) is 2.86. The van der Waals surface area contributed by atoms with Gasteiger partial charge in [0.25, 0.3) is 0 Å². The highest BCUT2D eigenvalue weighted by Crippen LogP contribution is 2.32. The quantitative estimate of drug-likeness (QED) is 0.273. The number of carbonyl (C=O) groups is 1. The van der Waals surface area contributed by atoms with Crippen LogP contribution in [0.15, 0.2) is 0 Å². The third-order valence-electron chi connectivity index (χ3n) is 4.75. The van der Waals surface area contributed by atoms with Crippen molar-refractivity contribution in [3.05, 3.63) is 0 Å². The van der Waals surface area contributed by atoms with E-state index >= 15 is 0 Å². The van der Waals surface area contributed by atoms with Gasteiger partial charge in [0.1, 0.15) is 11.8 Å². The van der Waals surface area contributed by atoms with Crippen LogP contribution in [-0.2, 0) is 9.53 Å². The van der Waals surface area contributed by atoms with Gasteiger partial charge in [0.2, 0.25) is 0 Å². The number of aliphatic hydroxyl groups excluding tert-OH is 1. The molecule has 10 heteroatoms. The summed E-state index contributed by atoms with van der Waals surface area (Å²) in [6.45, 7) is 1.99. The van der Waals surface area contributed by atoms with E-state index in [1.165, 1.54) is 0 Å². The molecule has 0 aromatic carbocycles. The highest BCUT2D eigenvalue weighted by Gasteiger charge is 2.51. The van der Waals surface area contributed by atoms with Gasteiger partial charge >= 0.3 is 13.1 Å². The highest BCUT2D eigenvalue weighted by molar-refractivity contribution is 6.40. The third kappa shape index (κ3) is 4.41. The molecule has 0 radical (unpaired) electrons. The van der Waals surface area contributed by atoms with E-state index < -0.39 is 24.9 Å². The van der Waals surface area contributed by atoms with Gasteiger partial charge in [-0.1, -0.05) is 6.42 Å². The van der Waals surface area contributed by atoms with E-state index in [2.05, 4.69) is 5.32 Å². The first-order chi connectivity index (χ1) is 10.8. The van der Waals surface area contributed by atoms with Crippen molar-refractivity contribution in [2.24, 2.45) is 11.7 Å². The number of aliphatic carboxylic acids is 1. The Morgan fingerprint density at radius 1 is 1.52 bits per heavy atom. The first-order valence-electron chi connectivity index (χ1n) is 7.96. The molecular weight excluding hydrogens is 305 g/mol. The molecule has 0 saturated carbocycles. The van der Waals surface area contributed by atoms with Crippen molar-refractivity contribution >= 4 is 13.1 Å². The van der Waals surface area contributed by atoms with E-state index in [4.69, 9.17) is 20.5 Å². The predicted octanol–water partition coefficient (Wildman–Crippen LogP) is -2.74. The van der Waals surface area contributed by atoms with Crippen LogP contribution < -0.4 is 11.1 Å². The lowest BCUT2D eigenvalue weighted by Crippen LogP contribution is -2.58. The number of morpholine rings is 1. The van der Waals surface area contributed by atoms with Crippen LogP contribution in [0.3, 0.4) is 0 Å². The number of rotatable bonds is 7. The van der Waals surface area contributed by atoms with Crippen molar-refractivity contribution in [3.8, 4) is 0 Å². The van der Waals surface area contributed by atoms with Crippen molar-refractivity contribution in [1.82, 2.24) is 10.2 Å². The number of ether oxygens (including phenoxy) is 1. The van der Waals surface area contributed by atoms with E-state index in [0.29, 0.717) is 39.1 Å². The molecule has 2 heterocycles. The van der Waals surface area contributed by atoms with Gasteiger partial charge in [-0.15, -0.1) is 0 Å². The van der Waals surface area contributed by atoms with Crippen LogP contribution in [0.25, 0.3) is 0 Å². The number of nitrogens with zero attached hydrogens (tertiary/aromatic N) is 1. The number of aliphatic hydroxyl groups is 1. The summed E-state index contributed by atoms with van der Waals surface area (Å²) in [5, 5.41) is 40.9. The summed E-state index contributed by atoms with van der Waals surface area (Å²) in [6, 6.07) is -0.278. The molecule has 2 unspecified atom stereocenters. The van der Waals surface area contributed by atoms with Crippen molar-refractivity contribution in [1.29, 1.82) is 0 Å². The Labute approximate surface area is 135 Å². The van der Waals surface area contributed by atoms with Crippen LogP contribution in [0.1, 0.15) is 12.8 Å². The van der Waals surface area contributed by atoms with Crippen LogP contribution in [0.4, 0.5) is 0 Å². The van der Waals surface area contributed by atoms with Gasteiger partial charge in [0.15, 0.2) is 0 Å². The maximum atomic E-state index is 11.6.